The molecule has 0 aliphatic carbocycles. The smallest absolute Gasteiger partial charge is 0.271 e. The summed E-state index contributed by atoms with van der Waals surface area (Å²) in [6.07, 6.45) is 3.46. The lowest BCUT2D eigenvalue weighted by Crippen LogP contribution is -2.39. The second-order valence-electron chi connectivity index (χ2n) is 5.14. The van der Waals surface area contributed by atoms with Crippen molar-refractivity contribution in [3.8, 4) is 0 Å². The Balaban J connectivity index is 1.84. The summed E-state index contributed by atoms with van der Waals surface area (Å²) in [5, 5.41) is 13.9. The molecule has 1 aromatic heterocycles. The van der Waals surface area contributed by atoms with Gasteiger partial charge in [0.25, 0.3) is 5.91 Å². The second kappa shape index (κ2) is 7.19. The minimum absolute atomic E-state index is 0.211. The number of carbonyl (C=O) groups excluding carboxylic acids is 1. The fourth-order valence-corrected chi connectivity index (χ4v) is 2.48. The number of rotatable bonds is 5. The molecular weight excluding hydrogens is 254 g/mol. The molecule has 6 nitrogen and oxygen atoms in total. The molecule has 0 saturated carbocycles. The molecule has 1 aromatic rings. The van der Waals surface area contributed by atoms with Crippen LogP contribution in [0.2, 0.25) is 0 Å². The lowest BCUT2D eigenvalue weighted by molar-refractivity contribution is 0.0957. The van der Waals surface area contributed by atoms with Crippen LogP contribution in [0.15, 0.2) is 12.1 Å². The highest BCUT2D eigenvalue weighted by Gasteiger charge is 2.18. The maximum atomic E-state index is 11.4. The van der Waals surface area contributed by atoms with Crippen LogP contribution in [0.4, 0.5) is 5.82 Å². The van der Waals surface area contributed by atoms with Crippen molar-refractivity contribution >= 4 is 11.7 Å². The standard InChI is InChI=1S/C14H23N5O/c1-3-8-19-9-6-11(7-10-19)16-13-5-4-12(17-18-13)14(20)15-2/h4-5,11H,3,6-10H2,1-2H3,(H,15,20)(H,16,18). The van der Waals surface area contributed by atoms with Gasteiger partial charge in [0.15, 0.2) is 5.69 Å². The predicted octanol–water partition coefficient (Wildman–Crippen LogP) is 1.12. The zero-order valence-electron chi connectivity index (χ0n) is 12.2. The van der Waals surface area contributed by atoms with Crippen molar-refractivity contribution in [2.45, 2.75) is 32.2 Å². The van der Waals surface area contributed by atoms with Crippen molar-refractivity contribution in [3.05, 3.63) is 17.8 Å². The molecule has 1 aliphatic rings. The molecule has 0 unspecified atom stereocenters. The third-order valence-electron chi connectivity index (χ3n) is 3.60. The van der Waals surface area contributed by atoms with Crippen LogP contribution in [0.25, 0.3) is 0 Å². The van der Waals surface area contributed by atoms with Crippen LogP contribution in [-0.2, 0) is 0 Å². The number of amides is 1. The zero-order chi connectivity index (χ0) is 14.4. The van der Waals surface area contributed by atoms with Gasteiger partial charge in [0.05, 0.1) is 0 Å². The Morgan fingerprint density at radius 3 is 2.65 bits per heavy atom. The van der Waals surface area contributed by atoms with Gasteiger partial charge in [-0.05, 0) is 37.9 Å². The van der Waals surface area contributed by atoms with E-state index in [0.29, 0.717) is 11.7 Å². The summed E-state index contributed by atoms with van der Waals surface area (Å²) in [5.41, 5.74) is 0.343. The van der Waals surface area contributed by atoms with Gasteiger partial charge in [-0.3, -0.25) is 4.79 Å². The summed E-state index contributed by atoms with van der Waals surface area (Å²) in [5.74, 6) is 0.531. The molecule has 1 amide bonds. The van der Waals surface area contributed by atoms with E-state index in [2.05, 4.69) is 32.7 Å². The van der Waals surface area contributed by atoms with Crippen molar-refractivity contribution in [1.29, 1.82) is 0 Å². The number of nitrogens with zero attached hydrogens (tertiary/aromatic N) is 3. The number of carbonyl (C=O) groups is 1. The van der Waals surface area contributed by atoms with Crippen molar-refractivity contribution in [2.75, 3.05) is 32.0 Å². The first kappa shape index (κ1) is 14.7. The lowest BCUT2D eigenvalue weighted by atomic mass is 10.0. The summed E-state index contributed by atoms with van der Waals surface area (Å²) in [6, 6.07) is 3.96. The van der Waals surface area contributed by atoms with Crippen LogP contribution < -0.4 is 10.6 Å². The van der Waals surface area contributed by atoms with Crippen molar-refractivity contribution in [2.24, 2.45) is 0 Å². The fraction of sp³-hybridized carbons (Fsp3) is 0.643. The van der Waals surface area contributed by atoms with Gasteiger partial charge >= 0.3 is 0 Å². The molecule has 1 aliphatic heterocycles. The fourth-order valence-electron chi connectivity index (χ4n) is 2.48. The zero-order valence-corrected chi connectivity index (χ0v) is 12.2. The number of hydrogen-bond acceptors (Lipinski definition) is 5. The summed E-state index contributed by atoms with van der Waals surface area (Å²) in [6.45, 7) is 5.67. The molecule has 20 heavy (non-hydrogen) atoms. The Bertz CT molecular complexity index is 426. The Morgan fingerprint density at radius 1 is 1.35 bits per heavy atom. The minimum Gasteiger partial charge on any atom is -0.366 e. The van der Waals surface area contributed by atoms with Crippen molar-refractivity contribution < 1.29 is 4.79 Å². The van der Waals surface area contributed by atoms with Gasteiger partial charge in [-0.2, -0.15) is 0 Å². The quantitative estimate of drug-likeness (QED) is 0.844. The van der Waals surface area contributed by atoms with Gasteiger partial charge in [0.2, 0.25) is 0 Å². The molecule has 0 atom stereocenters. The molecule has 110 valence electrons. The number of nitrogens with one attached hydrogen (secondary N) is 2. The summed E-state index contributed by atoms with van der Waals surface area (Å²) in [7, 11) is 1.58. The van der Waals surface area contributed by atoms with E-state index in [1.54, 1.807) is 13.1 Å². The van der Waals surface area contributed by atoms with E-state index >= 15 is 0 Å². The van der Waals surface area contributed by atoms with Gasteiger partial charge in [0.1, 0.15) is 5.82 Å². The Kier molecular flexibility index (Phi) is 5.29. The summed E-state index contributed by atoms with van der Waals surface area (Å²) >= 11 is 0. The largest absolute Gasteiger partial charge is 0.366 e. The van der Waals surface area contributed by atoms with E-state index in [-0.39, 0.29) is 5.91 Å². The minimum atomic E-state index is -0.211. The molecule has 0 aromatic carbocycles. The van der Waals surface area contributed by atoms with Crippen molar-refractivity contribution in [1.82, 2.24) is 20.4 Å². The average molecular weight is 277 g/mol. The van der Waals surface area contributed by atoms with Crippen LogP contribution in [-0.4, -0.2) is 53.7 Å². The number of anilines is 1. The van der Waals surface area contributed by atoms with Gasteiger partial charge in [-0.15, -0.1) is 10.2 Å². The molecule has 1 fully saturated rings. The van der Waals surface area contributed by atoms with Crippen LogP contribution in [0.1, 0.15) is 36.7 Å². The normalized spacial score (nSPS) is 16.9. The number of hydrogen-bond donors (Lipinski definition) is 2. The first-order valence-electron chi connectivity index (χ1n) is 7.27. The topological polar surface area (TPSA) is 70.2 Å². The molecule has 0 spiro atoms. The molecule has 6 heteroatoms. The first-order chi connectivity index (χ1) is 9.72. The first-order valence-corrected chi connectivity index (χ1v) is 7.27. The molecule has 2 heterocycles. The average Bonchev–Trinajstić information content (AvgIpc) is 2.49. The van der Waals surface area contributed by atoms with Crippen LogP contribution >= 0.6 is 0 Å². The van der Waals surface area contributed by atoms with Gasteiger partial charge in [-0.25, -0.2) is 0 Å². The SMILES string of the molecule is CCCN1CCC(Nc2ccc(C(=O)NC)nn2)CC1. The van der Waals surface area contributed by atoms with Gasteiger partial charge < -0.3 is 15.5 Å². The van der Waals surface area contributed by atoms with E-state index in [0.717, 1.165) is 31.7 Å². The third-order valence-corrected chi connectivity index (χ3v) is 3.60. The highest BCUT2D eigenvalue weighted by Crippen LogP contribution is 2.15. The van der Waals surface area contributed by atoms with Crippen molar-refractivity contribution in [3.63, 3.8) is 0 Å². The van der Waals surface area contributed by atoms with Crippen LogP contribution in [0.5, 0.6) is 0 Å². The molecular formula is C14H23N5O. The Morgan fingerprint density at radius 2 is 2.10 bits per heavy atom. The number of aromatic nitrogens is 2. The second-order valence-corrected chi connectivity index (χ2v) is 5.14. The Labute approximate surface area is 120 Å². The van der Waals surface area contributed by atoms with E-state index in [1.807, 2.05) is 6.07 Å². The monoisotopic (exact) mass is 277 g/mol. The maximum absolute atomic E-state index is 11.4. The molecule has 2 rings (SSSR count). The van der Waals surface area contributed by atoms with Crippen LogP contribution in [0.3, 0.4) is 0 Å². The van der Waals surface area contributed by atoms with Gasteiger partial charge in [-0.1, -0.05) is 6.92 Å². The van der Waals surface area contributed by atoms with E-state index in [1.165, 1.54) is 13.0 Å². The third kappa shape index (κ3) is 3.90. The van der Waals surface area contributed by atoms with Gasteiger partial charge in [0, 0.05) is 26.2 Å². The lowest BCUT2D eigenvalue weighted by Gasteiger charge is -2.32. The van der Waals surface area contributed by atoms with E-state index in [4.69, 9.17) is 0 Å². The highest BCUT2D eigenvalue weighted by molar-refractivity contribution is 5.91. The van der Waals surface area contributed by atoms with E-state index < -0.39 is 0 Å². The van der Waals surface area contributed by atoms with E-state index in [9.17, 15) is 4.79 Å². The van der Waals surface area contributed by atoms with Crippen LogP contribution in [0, 0.1) is 0 Å². The highest BCUT2D eigenvalue weighted by atomic mass is 16.1. The number of piperidine rings is 1. The molecule has 1 saturated heterocycles. The molecule has 0 bridgehead atoms. The maximum Gasteiger partial charge on any atom is 0.271 e. The summed E-state index contributed by atoms with van der Waals surface area (Å²) in [4.78, 5) is 13.9. The predicted molar refractivity (Wildman–Crippen MR) is 78.8 cm³/mol. The summed E-state index contributed by atoms with van der Waals surface area (Å²) < 4.78 is 0. The number of likely N-dealkylation sites (tertiary alicyclic amines) is 1. The Hall–Kier alpha value is -1.69. The molecule has 0 radical (unpaired) electrons. The molecule has 2 N–H and O–H groups in total.